The molecule has 33 heavy (non-hydrogen) atoms. The maximum Gasteiger partial charge on any atom is 0.255 e. The van der Waals surface area contributed by atoms with Crippen LogP contribution < -0.4 is 10.1 Å². The average Bonchev–Trinajstić information content (AvgIpc) is 3.22. The molecule has 2 unspecified atom stereocenters. The van der Waals surface area contributed by atoms with Gasteiger partial charge in [0, 0.05) is 42.6 Å². The van der Waals surface area contributed by atoms with Crippen LogP contribution in [0.2, 0.25) is 0 Å². The number of imide groups is 1. The number of piperidine rings is 1. The molecule has 0 aromatic heterocycles. The number of carbonyl (C=O) groups is 3. The van der Waals surface area contributed by atoms with Crippen molar-refractivity contribution >= 4 is 17.7 Å². The molecule has 8 nitrogen and oxygen atoms in total. The van der Waals surface area contributed by atoms with Gasteiger partial charge in [0.2, 0.25) is 11.8 Å². The Bertz CT molecular complexity index is 1350. The van der Waals surface area contributed by atoms with E-state index < -0.39 is 38.1 Å². The highest BCUT2D eigenvalue weighted by Gasteiger charge is 2.40. The lowest BCUT2D eigenvalue weighted by Gasteiger charge is -2.29. The van der Waals surface area contributed by atoms with E-state index in [9.17, 15) is 14.4 Å². The van der Waals surface area contributed by atoms with Crippen LogP contribution in [0.4, 0.5) is 0 Å². The first-order valence-electron chi connectivity index (χ1n) is 14.1. The second kappa shape index (κ2) is 9.33. The Labute approximate surface area is 202 Å². The topological polar surface area (TPSA) is 88.2 Å². The zero-order chi connectivity index (χ0) is 29.0. The van der Waals surface area contributed by atoms with Crippen LogP contribution in [-0.2, 0) is 34.0 Å². The number of hydrogen-bond donors (Lipinski definition) is 1. The number of nitrogens with one attached hydrogen (secondary N) is 1. The zero-order valence-corrected chi connectivity index (χ0v) is 17.7. The Balaban J connectivity index is 1.27. The molecule has 3 aliphatic heterocycles. The van der Waals surface area contributed by atoms with Gasteiger partial charge in [-0.2, -0.15) is 0 Å². The summed E-state index contributed by atoms with van der Waals surface area (Å²) in [5.41, 5.74) is 2.30. The number of carbonyl (C=O) groups excluding carboxylic acids is 3. The fraction of sp³-hybridized carbons (Fsp3) is 0.400. The molecule has 0 aliphatic carbocycles. The van der Waals surface area contributed by atoms with E-state index in [2.05, 4.69) is 10.1 Å². The minimum Gasteiger partial charge on any atom is -0.489 e. The first-order valence-corrected chi connectivity index (χ1v) is 10.6. The van der Waals surface area contributed by atoms with Gasteiger partial charge >= 0.3 is 0 Å². The maximum absolute atomic E-state index is 13.0. The number of amides is 3. The number of benzene rings is 2. The van der Waals surface area contributed by atoms with Gasteiger partial charge in [0.25, 0.3) is 5.91 Å². The average molecular weight is 457 g/mol. The summed E-state index contributed by atoms with van der Waals surface area (Å²) in [7, 11) is 0. The van der Waals surface area contributed by atoms with Gasteiger partial charge in [-0.05, 0) is 29.7 Å². The van der Waals surface area contributed by atoms with Gasteiger partial charge in [0.05, 0.1) is 23.8 Å². The van der Waals surface area contributed by atoms with E-state index in [1.54, 1.807) is 42.5 Å². The van der Waals surface area contributed by atoms with Crippen LogP contribution in [0.15, 0.2) is 42.5 Å². The Morgan fingerprint density at radius 1 is 1.09 bits per heavy atom. The van der Waals surface area contributed by atoms with Gasteiger partial charge < -0.3 is 14.4 Å². The number of ether oxygens (including phenoxy) is 2. The van der Waals surface area contributed by atoms with Crippen LogP contribution in [0.3, 0.4) is 0 Å². The fourth-order valence-corrected chi connectivity index (χ4v) is 4.10. The summed E-state index contributed by atoms with van der Waals surface area (Å²) in [5, 5.41) is 2.28. The molecule has 3 aliphatic rings. The Morgan fingerprint density at radius 3 is 2.73 bits per heavy atom. The molecule has 0 spiro atoms. The van der Waals surface area contributed by atoms with Crippen LogP contribution in [0.5, 0.6) is 5.75 Å². The monoisotopic (exact) mass is 456 g/mol. The van der Waals surface area contributed by atoms with E-state index in [1.165, 1.54) is 4.90 Å². The van der Waals surface area contributed by atoms with Gasteiger partial charge in [-0.25, -0.2) is 0 Å². The van der Waals surface area contributed by atoms with E-state index >= 15 is 0 Å². The standard InChI is InChI=1S/C25H27N3O5/c29-23-9-8-21(24(30)26-23)28-15-20-19(25(28)31)2-1-3-22(20)33-16-18-6-4-17(5-7-18)14-27-10-12-32-13-11-27/h1-7,21H,8-16H2,(H,26,29,30)/i10D2,11D2,12D,13D2. The van der Waals surface area contributed by atoms with Gasteiger partial charge in [-0.3, -0.25) is 24.6 Å². The molecule has 2 fully saturated rings. The third-order valence-electron chi connectivity index (χ3n) is 5.80. The highest BCUT2D eigenvalue weighted by molar-refractivity contribution is 6.05. The van der Waals surface area contributed by atoms with Crippen molar-refractivity contribution in [2.75, 3.05) is 26.1 Å². The van der Waals surface area contributed by atoms with Crippen LogP contribution in [0.25, 0.3) is 0 Å². The first-order chi connectivity index (χ1) is 18.7. The quantitative estimate of drug-likeness (QED) is 0.668. The molecule has 2 aromatic carbocycles. The van der Waals surface area contributed by atoms with E-state index in [1.807, 2.05) is 0 Å². The first kappa shape index (κ1) is 14.8. The lowest BCUT2D eigenvalue weighted by molar-refractivity contribution is -0.136. The van der Waals surface area contributed by atoms with Crippen LogP contribution >= 0.6 is 0 Å². The molecule has 0 bridgehead atoms. The highest BCUT2D eigenvalue weighted by atomic mass is 16.5. The zero-order valence-electron chi connectivity index (χ0n) is 24.7. The molecule has 8 heteroatoms. The van der Waals surface area contributed by atoms with Crippen molar-refractivity contribution in [3.63, 3.8) is 0 Å². The van der Waals surface area contributed by atoms with Crippen molar-refractivity contribution in [2.24, 2.45) is 0 Å². The molecule has 5 rings (SSSR count). The van der Waals surface area contributed by atoms with E-state index in [0.29, 0.717) is 27.3 Å². The van der Waals surface area contributed by atoms with Crippen molar-refractivity contribution in [3.8, 4) is 5.75 Å². The summed E-state index contributed by atoms with van der Waals surface area (Å²) < 4.78 is 66.7. The summed E-state index contributed by atoms with van der Waals surface area (Å²) in [6.07, 6.45) is 0.418. The van der Waals surface area contributed by atoms with Gasteiger partial charge in [0.1, 0.15) is 18.4 Å². The second-order valence-electron chi connectivity index (χ2n) is 7.95. The maximum atomic E-state index is 13.0. The largest absolute Gasteiger partial charge is 0.489 e. The fourth-order valence-electron chi connectivity index (χ4n) is 4.10. The second-order valence-corrected chi connectivity index (χ2v) is 7.95. The summed E-state index contributed by atoms with van der Waals surface area (Å²) >= 11 is 0. The third kappa shape index (κ3) is 4.62. The van der Waals surface area contributed by atoms with Crippen molar-refractivity contribution in [2.45, 2.75) is 38.6 Å². The van der Waals surface area contributed by atoms with E-state index in [0.717, 1.165) is 5.56 Å². The molecule has 172 valence electrons. The minimum absolute atomic E-state index is 0.125. The lowest BCUT2D eigenvalue weighted by Crippen LogP contribution is -2.52. The van der Waals surface area contributed by atoms with Crippen LogP contribution in [-0.4, -0.2) is 59.7 Å². The Morgan fingerprint density at radius 2 is 1.91 bits per heavy atom. The molecule has 2 aromatic rings. The van der Waals surface area contributed by atoms with Crippen molar-refractivity contribution in [3.05, 3.63) is 64.7 Å². The molecule has 2 saturated heterocycles. The Kier molecular flexibility index (Phi) is 4.19. The lowest BCUT2D eigenvalue weighted by atomic mass is 10.0. The highest BCUT2D eigenvalue weighted by Crippen LogP contribution is 2.34. The molecule has 1 N–H and O–H groups in total. The van der Waals surface area contributed by atoms with Crippen molar-refractivity contribution in [1.29, 1.82) is 0 Å². The predicted molar refractivity (Wildman–Crippen MR) is 119 cm³/mol. The van der Waals surface area contributed by atoms with Crippen molar-refractivity contribution in [1.82, 2.24) is 15.1 Å². The summed E-state index contributed by atoms with van der Waals surface area (Å²) in [5.74, 6) is -0.679. The van der Waals surface area contributed by atoms with Gasteiger partial charge in [-0.15, -0.1) is 0 Å². The number of morpholine rings is 1. The molecule has 0 saturated carbocycles. The van der Waals surface area contributed by atoms with Crippen molar-refractivity contribution < 1.29 is 33.5 Å². The van der Waals surface area contributed by atoms with Gasteiger partial charge in [-0.1, -0.05) is 30.3 Å². The SMILES string of the molecule is [2H]C1OC([2H])([2H])C([2H])([2H])N(Cc2ccc(COc3cccc4c3CN(C3CCC(=O)NC3=O)C4=O)cc2)C1([2H])[2H]. The van der Waals surface area contributed by atoms with Crippen LogP contribution in [0, 0.1) is 0 Å². The normalized spacial score (nSPS) is 31.1. The smallest absolute Gasteiger partial charge is 0.255 e. The summed E-state index contributed by atoms with van der Waals surface area (Å²) in [4.78, 5) is 38.9. The molecular formula is C25H27N3O5. The molecule has 3 amide bonds. The predicted octanol–water partition coefficient (Wildman–Crippen LogP) is 1.86. The van der Waals surface area contributed by atoms with Crippen LogP contribution in [0.1, 0.15) is 49.5 Å². The Hall–Kier alpha value is -3.23. The third-order valence-corrected chi connectivity index (χ3v) is 5.80. The number of rotatable bonds is 6. The van der Waals surface area contributed by atoms with E-state index in [4.69, 9.17) is 14.3 Å². The molecule has 3 heterocycles. The summed E-state index contributed by atoms with van der Waals surface area (Å²) in [6, 6.07) is 11.0. The van der Waals surface area contributed by atoms with Gasteiger partial charge in [0.15, 0.2) is 0 Å². The minimum atomic E-state index is -2.89. The molecular weight excluding hydrogens is 422 g/mol. The molecule has 2 atom stereocenters. The number of fused-ring (bicyclic) bond motifs is 1. The van der Waals surface area contributed by atoms with E-state index in [-0.39, 0.29) is 44.4 Å². The summed E-state index contributed by atoms with van der Waals surface area (Å²) in [6.45, 7) is -10.2. The number of nitrogens with zero attached hydrogens (tertiary/aromatic N) is 2. The molecule has 0 radical (unpaired) electrons. The number of hydrogen-bond acceptors (Lipinski definition) is 6.